The molecule has 2 aromatic heterocycles. The Labute approximate surface area is 149 Å². The van der Waals surface area contributed by atoms with Gasteiger partial charge < -0.3 is 9.40 Å². The molecule has 0 fully saturated rings. The van der Waals surface area contributed by atoms with E-state index in [0.717, 1.165) is 49.9 Å². The molecule has 26 heavy (non-hydrogen) atoms. The van der Waals surface area contributed by atoms with Gasteiger partial charge in [-0.3, -0.25) is 0 Å². The standard InChI is InChI=1S/C23H16FNO/c1-14-7-10-21-18(12-22(26-21)15-5-3-2-4-6-15)23(14)19-13-25-20-9-8-16(24)11-17(19)20/h2-13,25H,1H3. The van der Waals surface area contributed by atoms with Crippen LogP contribution in [0.15, 0.2) is 77.3 Å². The van der Waals surface area contributed by atoms with E-state index in [0.29, 0.717) is 0 Å². The predicted molar refractivity (Wildman–Crippen MR) is 104 cm³/mol. The Bertz CT molecular complexity index is 1250. The van der Waals surface area contributed by atoms with Crippen LogP contribution in [0.3, 0.4) is 0 Å². The summed E-state index contributed by atoms with van der Waals surface area (Å²) >= 11 is 0. The molecule has 0 bridgehead atoms. The summed E-state index contributed by atoms with van der Waals surface area (Å²) in [5.74, 6) is 0.596. The number of fused-ring (bicyclic) bond motifs is 2. The molecule has 0 radical (unpaired) electrons. The Morgan fingerprint density at radius 3 is 2.58 bits per heavy atom. The van der Waals surface area contributed by atoms with Crippen LogP contribution in [0.1, 0.15) is 5.56 Å². The molecule has 3 heteroatoms. The highest BCUT2D eigenvalue weighted by molar-refractivity contribution is 6.06. The van der Waals surface area contributed by atoms with Gasteiger partial charge in [0.05, 0.1) is 0 Å². The van der Waals surface area contributed by atoms with Crippen LogP contribution < -0.4 is 0 Å². The number of hydrogen-bond acceptors (Lipinski definition) is 1. The van der Waals surface area contributed by atoms with Crippen molar-refractivity contribution < 1.29 is 8.81 Å². The largest absolute Gasteiger partial charge is 0.456 e. The van der Waals surface area contributed by atoms with E-state index in [2.05, 4.69) is 18.0 Å². The number of rotatable bonds is 2. The fraction of sp³-hybridized carbons (Fsp3) is 0.0435. The second-order valence-corrected chi connectivity index (χ2v) is 6.54. The molecule has 2 nitrogen and oxygen atoms in total. The Hall–Kier alpha value is -3.33. The van der Waals surface area contributed by atoms with E-state index in [9.17, 15) is 4.39 Å². The molecule has 0 saturated carbocycles. The molecule has 0 aliphatic rings. The molecule has 0 unspecified atom stereocenters. The van der Waals surface area contributed by atoms with Gasteiger partial charge >= 0.3 is 0 Å². The van der Waals surface area contributed by atoms with Crippen LogP contribution in [0.25, 0.3) is 44.3 Å². The first-order valence-corrected chi connectivity index (χ1v) is 8.56. The maximum Gasteiger partial charge on any atom is 0.135 e. The molecule has 0 aliphatic carbocycles. The molecule has 5 aromatic rings. The summed E-state index contributed by atoms with van der Waals surface area (Å²) in [6, 6.07) is 21.0. The molecule has 2 heterocycles. The second-order valence-electron chi connectivity index (χ2n) is 6.54. The van der Waals surface area contributed by atoms with E-state index in [-0.39, 0.29) is 5.82 Å². The number of hydrogen-bond donors (Lipinski definition) is 1. The Kier molecular flexibility index (Phi) is 3.22. The SMILES string of the molecule is Cc1ccc2oc(-c3ccccc3)cc2c1-c1c[nH]c2ccc(F)cc12. The summed E-state index contributed by atoms with van der Waals surface area (Å²) in [5.41, 5.74) is 5.98. The van der Waals surface area contributed by atoms with Crippen molar-refractivity contribution in [1.29, 1.82) is 0 Å². The molecule has 0 amide bonds. The minimum Gasteiger partial charge on any atom is -0.456 e. The van der Waals surface area contributed by atoms with Crippen LogP contribution in [0, 0.1) is 12.7 Å². The zero-order valence-electron chi connectivity index (χ0n) is 14.2. The van der Waals surface area contributed by atoms with Crippen molar-refractivity contribution in [2.24, 2.45) is 0 Å². The number of furan rings is 1. The molecule has 126 valence electrons. The van der Waals surface area contributed by atoms with Gasteiger partial charge in [0.2, 0.25) is 0 Å². The van der Waals surface area contributed by atoms with Crippen LogP contribution in [0.4, 0.5) is 4.39 Å². The predicted octanol–water partition coefficient (Wildman–Crippen LogP) is 6.70. The van der Waals surface area contributed by atoms with E-state index in [1.807, 2.05) is 48.7 Å². The smallest absolute Gasteiger partial charge is 0.135 e. The number of benzene rings is 3. The van der Waals surface area contributed by atoms with Crippen LogP contribution in [0.2, 0.25) is 0 Å². The van der Waals surface area contributed by atoms with Gasteiger partial charge in [0, 0.05) is 33.6 Å². The summed E-state index contributed by atoms with van der Waals surface area (Å²) < 4.78 is 19.9. The molecule has 1 N–H and O–H groups in total. The zero-order valence-corrected chi connectivity index (χ0v) is 14.2. The second kappa shape index (κ2) is 5.60. The Morgan fingerprint density at radius 1 is 0.885 bits per heavy atom. The topological polar surface area (TPSA) is 28.9 Å². The average molecular weight is 341 g/mol. The number of aromatic amines is 1. The molecular weight excluding hydrogens is 325 g/mol. The summed E-state index contributed by atoms with van der Waals surface area (Å²) in [6.07, 6.45) is 1.95. The molecule has 0 saturated heterocycles. The maximum absolute atomic E-state index is 13.8. The fourth-order valence-electron chi connectivity index (χ4n) is 3.62. The van der Waals surface area contributed by atoms with Gasteiger partial charge in [0.1, 0.15) is 17.2 Å². The highest BCUT2D eigenvalue weighted by Crippen LogP contribution is 2.39. The third-order valence-corrected chi connectivity index (χ3v) is 4.88. The fourth-order valence-corrected chi connectivity index (χ4v) is 3.62. The molecule has 0 atom stereocenters. The lowest BCUT2D eigenvalue weighted by atomic mass is 9.96. The minimum atomic E-state index is -0.236. The van der Waals surface area contributed by atoms with E-state index in [1.54, 1.807) is 12.1 Å². The van der Waals surface area contributed by atoms with Gasteiger partial charge in [-0.15, -0.1) is 0 Å². The van der Waals surface area contributed by atoms with Crippen molar-refractivity contribution in [2.75, 3.05) is 0 Å². The maximum atomic E-state index is 13.8. The van der Waals surface area contributed by atoms with Crippen LogP contribution >= 0.6 is 0 Å². The van der Waals surface area contributed by atoms with Gasteiger partial charge in [-0.1, -0.05) is 36.4 Å². The highest BCUT2D eigenvalue weighted by atomic mass is 19.1. The summed E-state index contributed by atoms with van der Waals surface area (Å²) in [6.45, 7) is 2.07. The Morgan fingerprint density at radius 2 is 1.73 bits per heavy atom. The number of aryl methyl sites for hydroxylation is 1. The van der Waals surface area contributed by atoms with Crippen molar-refractivity contribution in [1.82, 2.24) is 4.98 Å². The van der Waals surface area contributed by atoms with Gasteiger partial charge in [0.15, 0.2) is 0 Å². The van der Waals surface area contributed by atoms with Crippen molar-refractivity contribution in [2.45, 2.75) is 6.92 Å². The van der Waals surface area contributed by atoms with Crippen molar-refractivity contribution in [3.05, 3.63) is 84.3 Å². The summed E-state index contributed by atoms with van der Waals surface area (Å²) in [4.78, 5) is 3.25. The lowest BCUT2D eigenvalue weighted by Crippen LogP contribution is -1.83. The van der Waals surface area contributed by atoms with Crippen LogP contribution in [-0.4, -0.2) is 4.98 Å². The van der Waals surface area contributed by atoms with E-state index >= 15 is 0 Å². The highest BCUT2D eigenvalue weighted by Gasteiger charge is 2.16. The summed E-state index contributed by atoms with van der Waals surface area (Å²) in [7, 11) is 0. The molecule has 5 rings (SSSR count). The molecule has 3 aromatic carbocycles. The zero-order chi connectivity index (χ0) is 17.7. The number of aromatic nitrogens is 1. The summed E-state index contributed by atoms with van der Waals surface area (Å²) in [5, 5.41) is 1.91. The molecule has 0 aliphatic heterocycles. The van der Waals surface area contributed by atoms with Gasteiger partial charge in [-0.05, 0) is 48.4 Å². The first-order valence-electron chi connectivity index (χ1n) is 8.56. The Balaban J connectivity index is 1.80. The normalized spacial score (nSPS) is 11.5. The molecule has 0 spiro atoms. The first-order chi connectivity index (χ1) is 12.7. The van der Waals surface area contributed by atoms with E-state index in [1.165, 1.54) is 6.07 Å². The third-order valence-electron chi connectivity index (χ3n) is 4.88. The number of nitrogens with one attached hydrogen (secondary N) is 1. The molecular formula is C23H16FNO. The monoisotopic (exact) mass is 341 g/mol. The van der Waals surface area contributed by atoms with Gasteiger partial charge in [-0.2, -0.15) is 0 Å². The van der Waals surface area contributed by atoms with E-state index < -0.39 is 0 Å². The lowest BCUT2D eigenvalue weighted by molar-refractivity contribution is 0.629. The first kappa shape index (κ1) is 15.0. The number of halogens is 1. The van der Waals surface area contributed by atoms with Crippen molar-refractivity contribution in [3.63, 3.8) is 0 Å². The lowest BCUT2D eigenvalue weighted by Gasteiger charge is -2.06. The third kappa shape index (κ3) is 2.25. The van der Waals surface area contributed by atoms with Gasteiger partial charge in [0.25, 0.3) is 0 Å². The number of H-pyrrole nitrogens is 1. The van der Waals surface area contributed by atoms with Crippen LogP contribution in [-0.2, 0) is 0 Å². The van der Waals surface area contributed by atoms with Crippen molar-refractivity contribution >= 4 is 21.9 Å². The quantitative estimate of drug-likeness (QED) is 0.380. The van der Waals surface area contributed by atoms with Crippen molar-refractivity contribution in [3.8, 4) is 22.5 Å². The average Bonchev–Trinajstić information content (AvgIpc) is 3.26. The van der Waals surface area contributed by atoms with Gasteiger partial charge in [-0.25, -0.2) is 4.39 Å². The van der Waals surface area contributed by atoms with E-state index in [4.69, 9.17) is 4.42 Å². The minimum absolute atomic E-state index is 0.236. The van der Waals surface area contributed by atoms with Crippen LogP contribution in [0.5, 0.6) is 0 Å².